The van der Waals surface area contributed by atoms with Gasteiger partial charge >= 0.3 is 0 Å². The van der Waals surface area contributed by atoms with Crippen molar-refractivity contribution in [1.29, 1.82) is 0 Å². The van der Waals surface area contributed by atoms with Crippen molar-refractivity contribution in [2.45, 2.75) is 6.54 Å². The third-order valence-corrected chi connectivity index (χ3v) is 5.57. The van der Waals surface area contributed by atoms with Gasteiger partial charge in [0.2, 0.25) is 5.88 Å². The van der Waals surface area contributed by atoms with Gasteiger partial charge in [0.05, 0.1) is 37.0 Å². The van der Waals surface area contributed by atoms with E-state index in [4.69, 9.17) is 21.3 Å². The smallest absolute Gasteiger partial charge is 0.213 e. The number of nitrogens with zero attached hydrogens (tertiary/aromatic N) is 3. The fraction of sp³-hybridized carbons (Fsp3) is 0.250. The molecule has 0 aliphatic rings. The SMILES string of the molecule is COc1ccc2nc3cc(Cl)ccc3c(Nc3ccc(O)c(CN(CCO)CCO)c3)c2n1. The number of halogens is 1. The molecule has 172 valence electrons. The quantitative estimate of drug-likeness (QED) is 0.217. The van der Waals surface area contributed by atoms with Crippen LogP contribution in [-0.2, 0) is 6.54 Å². The number of anilines is 2. The van der Waals surface area contributed by atoms with E-state index in [1.54, 1.807) is 37.4 Å². The maximum Gasteiger partial charge on any atom is 0.213 e. The van der Waals surface area contributed by atoms with Crippen molar-refractivity contribution in [3.63, 3.8) is 0 Å². The number of fused-ring (bicyclic) bond motifs is 2. The van der Waals surface area contributed by atoms with E-state index in [-0.39, 0.29) is 19.0 Å². The summed E-state index contributed by atoms with van der Waals surface area (Å²) >= 11 is 6.20. The van der Waals surface area contributed by atoms with Crippen molar-refractivity contribution >= 4 is 44.9 Å². The number of aromatic hydroxyl groups is 1. The predicted molar refractivity (Wildman–Crippen MR) is 129 cm³/mol. The van der Waals surface area contributed by atoms with Crippen molar-refractivity contribution in [3.8, 4) is 11.6 Å². The standard InChI is InChI=1S/C24H25ClN4O4/c1-33-22-7-5-19-24(28-22)23(18-4-2-16(25)13-20(18)27-19)26-17-3-6-21(32)15(12-17)14-29(8-10-30)9-11-31/h2-7,12-13,30-32H,8-11,14H2,1H3,(H,26,27). The monoisotopic (exact) mass is 468 g/mol. The van der Waals surface area contributed by atoms with E-state index < -0.39 is 0 Å². The van der Waals surface area contributed by atoms with Gasteiger partial charge in [-0.3, -0.25) is 4.90 Å². The maximum atomic E-state index is 10.4. The number of methoxy groups -OCH3 is 1. The highest BCUT2D eigenvalue weighted by Gasteiger charge is 2.14. The van der Waals surface area contributed by atoms with E-state index >= 15 is 0 Å². The van der Waals surface area contributed by atoms with Crippen LogP contribution >= 0.6 is 11.6 Å². The number of ether oxygens (including phenoxy) is 1. The van der Waals surface area contributed by atoms with Gasteiger partial charge in [0.25, 0.3) is 0 Å². The van der Waals surface area contributed by atoms with Gasteiger partial charge in [0.1, 0.15) is 11.3 Å². The molecule has 0 saturated carbocycles. The summed E-state index contributed by atoms with van der Waals surface area (Å²) in [5.41, 5.74) is 4.19. The molecule has 0 spiro atoms. The van der Waals surface area contributed by atoms with E-state index in [1.165, 1.54) is 0 Å². The number of pyridine rings is 2. The van der Waals surface area contributed by atoms with Gasteiger partial charge in [-0.15, -0.1) is 0 Å². The van der Waals surface area contributed by atoms with Crippen LogP contribution in [0.4, 0.5) is 11.4 Å². The van der Waals surface area contributed by atoms with Gasteiger partial charge in [0, 0.05) is 47.4 Å². The number of nitrogens with one attached hydrogen (secondary N) is 1. The molecule has 2 heterocycles. The van der Waals surface area contributed by atoms with E-state index in [2.05, 4.69) is 10.3 Å². The van der Waals surface area contributed by atoms with Crippen LogP contribution in [0.15, 0.2) is 48.5 Å². The molecule has 0 aliphatic carbocycles. The van der Waals surface area contributed by atoms with Crippen molar-refractivity contribution in [3.05, 3.63) is 59.1 Å². The second-order valence-corrected chi connectivity index (χ2v) is 8.00. The molecule has 0 bridgehead atoms. The summed E-state index contributed by atoms with van der Waals surface area (Å²) in [6, 6.07) is 14.3. The first-order valence-electron chi connectivity index (χ1n) is 10.5. The lowest BCUT2D eigenvalue weighted by Gasteiger charge is -2.21. The fourth-order valence-corrected chi connectivity index (χ4v) is 3.91. The number of aliphatic hydroxyl groups is 2. The molecule has 0 aliphatic heterocycles. The summed E-state index contributed by atoms with van der Waals surface area (Å²) in [5.74, 6) is 0.605. The number of phenolic OH excluding ortho intramolecular Hbond substituents is 1. The van der Waals surface area contributed by atoms with Crippen LogP contribution in [0, 0.1) is 0 Å². The van der Waals surface area contributed by atoms with E-state index in [0.29, 0.717) is 47.1 Å². The van der Waals surface area contributed by atoms with Crippen molar-refractivity contribution < 1.29 is 20.1 Å². The highest BCUT2D eigenvalue weighted by atomic mass is 35.5. The Hall–Kier alpha value is -3.17. The molecule has 0 unspecified atom stereocenters. The van der Waals surface area contributed by atoms with Gasteiger partial charge in [-0.1, -0.05) is 11.6 Å². The van der Waals surface area contributed by atoms with Gasteiger partial charge in [-0.05, 0) is 42.5 Å². The van der Waals surface area contributed by atoms with Gasteiger partial charge < -0.3 is 25.4 Å². The number of hydrogen-bond donors (Lipinski definition) is 4. The second-order valence-electron chi connectivity index (χ2n) is 7.56. The number of hydrogen-bond acceptors (Lipinski definition) is 8. The summed E-state index contributed by atoms with van der Waals surface area (Å²) in [4.78, 5) is 11.2. The Bertz CT molecular complexity index is 1280. The van der Waals surface area contributed by atoms with Crippen LogP contribution in [0.25, 0.3) is 21.9 Å². The van der Waals surface area contributed by atoms with Crippen LogP contribution in [0.3, 0.4) is 0 Å². The molecule has 0 atom stereocenters. The van der Waals surface area contributed by atoms with Crippen LogP contribution in [0.1, 0.15) is 5.56 Å². The Morgan fingerprint density at radius 3 is 2.48 bits per heavy atom. The minimum Gasteiger partial charge on any atom is -0.508 e. The molecule has 4 N–H and O–H groups in total. The number of aliphatic hydroxyl groups excluding tert-OH is 2. The predicted octanol–water partition coefficient (Wildman–Crippen LogP) is 3.68. The van der Waals surface area contributed by atoms with Crippen molar-refractivity contribution in [2.75, 3.05) is 38.7 Å². The normalized spacial score (nSPS) is 11.4. The molecule has 0 amide bonds. The zero-order valence-electron chi connectivity index (χ0n) is 18.1. The third kappa shape index (κ3) is 5.09. The van der Waals surface area contributed by atoms with E-state index in [9.17, 15) is 15.3 Å². The Labute approximate surface area is 196 Å². The van der Waals surface area contributed by atoms with Crippen LogP contribution in [-0.4, -0.2) is 63.6 Å². The Morgan fingerprint density at radius 2 is 1.76 bits per heavy atom. The first kappa shape index (κ1) is 23.0. The molecule has 4 aromatic rings. The zero-order chi connectivity index (χ0) is 23.4. The largest absolute Gasteiger partial charge is 0.508 e. The van der Waals surface area contributed by atoms with E-state index in [1.807, 2.05) is 23.1 Å². The van der Waals surface area contributed by atoms with Crippen LogP contribution < -0.4 is 10.1 Å². The van der Waals surface area contributed by atoms with Crippen LogP contribution in [0.2, 0.25) is 5.02 Å². The third-order valence-electron chi connectivity index (χ3n) is 5.34. The number of phenols is 1. The minimum atomic E-state index is -0.0379. The second kappa shape index (κ2) is 10.2. The first-order valence-corrected chi connectivity index (χ1v) is 10.9. The summed E-state index contributed by atoms with van der Waals surface area (Å²) in [6.45, 7) is 1.08. The molecule has 8 nitrogen and oxygen atoms in total. The molecule has 2 aromatic heterocycles. The highest BCUT2D eigenvalue weighted by Crippen LogP contribution is 2.35. The molecular formula is C24H25ClN4O4. The summed E-state index contributed by atoms with van der Waals surface area (Å²) in [7, 11) is 1.56. The fourth-order valence-electron chi connectivity index (χ4n) is 3.74. The molecular weight excluding hydrogens is 444 g/mol. The summed E-state index contributed by atoms with van der Waals surface area (Å²) in [6.07, 6.45) is 0. The average Bonchev–Trinajstić information content (AvgIpc) is 2.81. The van der Waals surface area contributed by atoms with Gasteiger partial charge in [-0.2, -0.15) is 0 Å². The Kier molecular flexibility index (Phi) is 7.10. The average molecular weight is 469 g/mol. The van der Waals surface area contributed by atoms with Crippen molar-refractivity contribution in [2.24, 2.45) is 0 Å². The molecule has 0 saturated heterocycles. The lowest BCUT2D eigenvalue weighted by Crippen LogP contribution is -2.29. The topological polar surface area (TPSA) is 111 Å². The number of rotatable bonds is 9. The molecule has 0 radical (unpaired) electrons. The molecule has 33 heavy (non-hydrogen) atoms. The summed E-state index contributed by atoms with van der Waals surface area (Å²) in [5, 5.41) is 33.8. The van der Waals surface area contributed by atoms with Crippen LogP contribution in [0.5, 0.6) is 11.6 Å². The van der Waals surface area contributed by atoms with Crippen molar-refractivity contribution in [1.82, 2.24) is 14.9 Å². The Balaban J connectivity index is 1.79. The number of aromatic nitrogens is 2. The molecule has 2 aromatic carbocycles. The number of benzene rings is 2. The zero-order valence-corrected chi connectivity index (χ0v) is 18.9. The summed E-state index contributed by atoms with van der Waals surface area (Å²) < 4.78 is 5.32. The van der Waals surface area contributed by atoms with E-state index in [0.717, 1.165) is 22.3 Å². The molecule has 4 rings (SSSR count). The minimum absolute atomic E-state index is 0.0379. The maximum absolute atomic E-state index is 10.4. The lowest BCUT2D eigenvalue weighted by molar-refractivity contribution is 0.155. The lowest BCUT2D eigenvalue weighted by atomic mass is 10.1. The first-order chi connectivity index (χ1) is 16.0. The van der Waals surface area contributed by atoms with Gasteiger partial charge in [0.15, 0.2) is 0 Å². The molecule has 9 heteroatoms. The highest BCUT2D eigenvalue weighted by molar-refractivity contribution is 6.31. The van der Waals surface area contributed by atoms with Gasteiger partial charge in [-0.25, -0.2) is 9.97 Å². The Morgan fingerprint density at radius 1 is 0.970 bits per heavy atom. The molecule has 0 fully saturated rings.